The highest BCUT2D eigenvalue weighted by Crippen LogP contribution is 2.33. The summed E-state index contributed by atoms with van der Waals surface area (Å²) in [5.41, 5.74) is 1.97. The van der Waals surface area contributed by atoms with E-state index in [1.807, 2.05) is 24.3 Å². The molecule has 1 aromatic carbocycles. The van der Waals surface area contributed by atoms with E-state index in [1.165, 1.54) is 6.42 Å². The summed E-state index contributed by atoms with van der Waals surface area (Å²) >= 11 is 0. The minimum Gasteiger partial charge on any atom is -0.380 e. The molecule has 1 atom stereocenters. The summed E-state index contributed by atoms with van der Waals surface area (Å²) < 4.78 is 5.22. The lowest BCUT2D eigenvalue weighted by Crippen LogP contribution is -2.25. The Labute approximate surface area is 126 Å². The van der Waals surface area contributed by atoms with Gasteiger partial charge in [-0.2, -0.15) is 0 Å². The van der Waals surface area contributed by atoms with Gasteiger partial charge in [0, 0.05) is 25.4 Å². The SMILES string of the molecule is COCc1ccccc1C(CC=O)C(=O)C1CCCCC1. The van der Waals surface area contributed by atoms with Gasteiger partial charge in [0.25, 0.3) is 0 Å². The van der Waals surface area contributed by atoms with E-state index in [2.05, 4.69) is 0 Å². The minimum atomic E-state index is -0.308. The van der Waals surface area contributed by atoms with Crippen LogP contribution in [0.2, 0.25) is 0 Å². The van der Waals surface area contributed by atoms with Crippen LogP contribution >= 0.6 is 0 Å². The number of hydrogen-bond acceptors (Lipinski definition) is 3. The Bertz CT molecular complexity index is 475. The molecule has 1 unspecified atom stereocenters. The number of Topliss-reactive ketones (excluding diaryl/α,β-unsaturated/α-hetero) is 1. The number of ether oxygens (including phenoxy) is 1. The zero-order valence-corrected chi connectivity index (χ0v) is 12.7. The third-order valence-electron chi connectivity index (χ3n) is 4.41. The van der Waals surface area contributed by atoms with Crippen molar-refractivity contribution >= 4 is 12.1 Å². The Balaban J connectivity index is 2.25. The lowest BCUT2D eigenvalue weighted by molar-refractivity contribution is -0.126. The Kier molecular flexibility index (Phi) is 6.12. The van der Waals surface area contributed by atoms with Crippen LogP contribution in [-0.4, -0.2) is 19.2 Å². The van der Waals surface area contributed by atoms with E-state index in [-0.39, 0.29) is 24.0 Å². The molecule has 0 spiro atoms. The number of hydrogen-bond donors (Lipinski definition) is 0. The van der Waals surface area contributed by atoms with Gasteiger partial charge in [-0.1, -0.05) is 43.5 Å². The molecule has 0 aliphatic heterocycles. The zero-order chi connectivity index (χ0) is 15.1. The molecule has 0 saturated heterocycles. The Morgan fingerprint density at radius 1 is 1.29 bits per heavy atom. The van der Waals surface area contributed by atoms with Gasteiger partial charge in [-0.3, -0.25) is 4.79 Å². The normalized spacial score (nSPS) is 17.4. The highest BCUT2D eigenvalue weighted by Gasteiger charge is 2.30. The first-order chi connectivity index (χ1) is 10.3. The fourth-order valence-corrected chi connectivity index (χ4v) is 3.33. The fraction of sp³-hybridized carbons (Fsp3) is 0.556. The van der Waals surface area contributed by atoms with Crippen LogP contribution in [0.3, 0.4) is 0 Å². The molecule has 0 aromatic heterocycles. The summed E-state index contributed by atoms with van der Waals surface area (Å²) in [6.45, 7) is 0.476. The van der Waals surface area contributed by atoms with Gasteiger partial charge in [-0.15, -0.1) is 0 Å². The van der Waals surface area contributed by atoms with E-state index in [1.54, 1.807) is 7.11 Å². The average molecular weight is 288 g/mol. The van der Waals surface area contributed by atoms with Crippen molar-refractivity contribution in [2.75, 3.05) is 7.11 Å². The first-order valence-electron chi connectivity index (χ1n) is 7.82. The number of carbonyl (C=O) groups is 2. The van der Waals surface area contributed by atoms with Crippen molar-refractivity contribution in [3.8, 4) is 0 Å². The molecule has 1 aliphatic carbocycles. The molecule has 1 saturated carbocycles. The van der Waals surface area contributed by atoms with Crippen molar-refractivity contribution in [1.29, 1.82) is 0 Å². The van der Waals surface area contributed by atoms with Gasteiger partial charge >= 0.3 is 0 Å². The van der Waals surface area contributed by atoms with Gasteiger partial charge < -0.3 is 9.53 Å². The van der Waals surface area contributed by atoms with Crippen molar-refractivity contribution in [2.45, 2.75) is 51.0 Å². The maximum atomic E-state index is 12.8. The summed E-state index contributed by atoms with van der Waals surface area (Å²) in [5, 5.41) is 0. The van der Waals surface area contributed by atoms with Crippen LogP contribution in [0.25, 0.3) is 0 Å². The van der Waals surface area contributed by atoms with Crippen molar-refractivity contribution in [1.82, 2.24) is 0 Å². The summed E-state index contributed by atoms with van der Waals surface area (Å²) in [6.07, 6.45) is 6.57. The maximum Gasteiger partial charge on any atom is 0.143 e. The van der Waals surface area contributed by atoms with E-state index in [0.717, 1.165) is 43.1 Å². The Morgan fingerprint density at radius 3 is 2.67 bits per heavy atom. The molecule has 0 bridgehead atoms. The molecule has 0 N–H and O–H groups in total. The maximum absolute atomic E-state index is 12.8. The van der Waals surface area contributed by atoms with Crippen LogP contribution in [0.4, 0.5) is 0 Å². The molecule has 1 aliphatic rings. The average Bonchev–Trinajstić information content (AvgIpc) is 2.54. The van der Waals surface area contributed by atoms with Gasteiger partial charge in [-0.05, 0) is 24.0 Å². The highest BCUT2D eigenvalue weighted by atomic mass is 16.5. The van der Waals surface area contributed by atoms with Crippen molar-refractivity contribution in [3.63, 3.8) is 0 Å². The van der Waals surface area contributed by atoms with Gasteiger partial charge in [0.05, 0.1) is 6.61 Å². The van der Waals surface area contributed by atoms with Crippen LogP contribution < -0.4 is 0 Å². The lowest BCUT2D eigenvalue weighted by atomic mass is 9.77. The fourth-order valence-electron chi connectivity index (χ4n) is 3.33. The number of ketones is 1. The van der Waals surface area contributed by atoms with E-state index >= 15 is 0 Å². The van der Waals surface area contributed by atoms with Crippen LogP contribution in [0.1, 0.15) is 55.6 Å². The van der Waals surface area contributed by atoms with Gasteiger partial charge in [0.15, 0.2) is 0 Å². The number of carbonyl (C=O) groups excluding carboxylic acids is 2. The predicted octanol–water partition coefficient (Wildman–Crippen LogP) is 3.66. The number of aldehydes is 1. The molecule has 0 heterocycles. The second-order valence-corrected chi connectivity index (χ2v) is 5.82. The second kappa shape index (κ2) is 8.08. The van der Waals surface area contributed by atoms with E-state index < -0.39 is 0 Å². The Hall–Kier alpha value is -1.48. The summed E-state index contributed by atoms with van der Waals surface area (Å²) in [5.74, 6) is 0.0570. The molecule has 21 heavy (non-hydrogen) atoms. The molecule has 3 heteroatoms. The standard InChI is InChI=1S/C18H24O3/c1-21-13-15-9-5-6-10-16(15)17(11-12-19)18(20)14-7-3-2-4-8-14/h5-6,9-10,12,14,17H,2-4,7-8,11,13H2,1H3. The van der Waals surface area contributed by atoms with Crippen molar-refractivity contribution in [2.24, 2.45) is 5.92 Å². The molecule has 1 fully saturated rings. The van der Waals surface area contributed by atoms with Crippen molar-refractivity contribution in [3.05, 3.63) is 35.4 Å². The zero-order valence-electron chi connectivity index (χ0n) is 12.7. The third kappa shape index (κ3) is 4.01. The topological polar surface area (TPSA) is 43.4 Å². The van der Waals surface area contributed by atoms with Crippen LogP contribution in [-0.2, 0) is 20.9 Å². The summed E-state index contributed by atoms with van der Waals surface area (Å²) in [6, 6.07) is 7.81. The second-order valence-electron chi connectivity index (χ2n) is 5.82. The lowest BCUT2D eigenvalue weighted by Gasteiger charge is -2.26. The van der Waals surface area contributed by atoms with E-state index in [0.29, 0.717) is 6.61 Å². The Morgan fingerprint density at radius 2 is 2.00 bits per heavy atom. The van der Waals surface area contributed by atoms with E-state index in [4.69, 9.17) is 4.74 Å². The van der Waals surface area contributed by atoms with Gasteiger partial charge in [-0.25, -0.2) is 0 Å². The van der Waals surface area contributed by atoms with Crippen LogP contribution in [0, 0.1) is 5.92 Å². The molecule has 3 nitrogen and oxygen atoms in total. The molecule has 114 valence electrons. The molecule has 1 aromatic rings. The molecule has 0 amide bonds. The summed E-state index contributed by atoms with van der Waals surface area (Å²) in [4.78, 5) is 23.9. The monoisotopic (exact) mass is 288 g/mol. The smallest absolute Gasteiger partial charge is 0.143 e. The summed E-state index contributed by atoms with van der Waals surface area (Å²) in [7, 11) is 1.65. The number of rotatable bonds is 7. The number of benzene rings is 1. The number of methoxy groups -OCH3 is 1. The first-order valence-corrected chi connectivity index (χ1v) is 7.82. The van der Waals surface area contributed by atoms with Gasteiger partial charge in [0.1, 0.15) is 12.1 Å². The largest absolute Gasteiger partial charge is 0.380 e. The highest BCUT2D eigenvalue weighted by molar-refractivity contribution is 5.90. The molecular weight excluding hydrogens is 264 g/mol. The third-order valence-corrected chi connectivity index (χ3v) is 4.41. The van der Waals surface area contributed by atoms with Crippen molar-refractivity contribution < 1.29 is 14.3 Å². The van der Waals surface area contributed by atoms with E-state index in [9.17, 15) is 9.59 Å². The van der Waals surface area contributed by atoms with Crippen LogP contribution in [0.15, 0.2) is 24.3 Å². The molecular formula is C18H24O3. The predicted molar refractivity (Wildman–Crippen MR) is 82.2 cm³/mol. The molecule has 2 rings (SSSR count). The minimum absolute atomic E-state index is 0.124. The first kappa shape index (κ1) is 15.9. The van der Waals surface area contributed by atoms with Crippen LogP contribution in [0.5, 0.6) is 0 Å². The molecule has 0 radical (unpaired) electrons. The van der Waals surface area contributed by atoms with Gasteiger partial charge in [0.2, 0.25) is 0 Å². The quantitative estimate of drug-likeness (QED) is 0.719.